The average Bonchev–Trinajstić information content (AvgIpc) is 2.55. The lowest BCUT2D eigenvalue weighted by Gasteiger charge is -2.31. The summed E-state index contributed by atoms with van der Waals surface area (Å²) in [6, 6.07) is 2.14. The van der Waals surface area contributed by atoms with Crippen LogP contribution in [0, 0.1) is 0 Å². The van der Waals surface area contributed by atoms with Gasteiger partial charge in [-0.15, -0.1) is 0 Å². The lowest BCUT2D eigenvalue weighted by molar-refractivity contribution is 0.167. The summed E-state index contributed by atoms with van der Waals surface area (Å²) in [5.74, 6) is 0. The molecule has 1 saturated heterocycles. The van der Waals surface area contributed by atoms with Crippen LogP contribution in [0.25, 0.3) is 0 Å². The molecule has 1 unspecified atom stereocenters. The standard InChI is InChI=1S/C12H26N2/c1-10(2)14(11(3)4)9-7-12-6-5-8-13-12/h10-13H,5-9H2,1-4H3. The van der Waals surface area contributed by atoms with Gasteiger partial charge in [0.05, 0.1) is 0 Å². The minimum Gasteiger partial charge on any atom is -0.314 e. The molecule has 2 nitrogen and oxygen atoms in total. The zero-order valence-electron chi connectivity index (χ0n) is 10.2. The van der Waals surface area contributed by atoms with E-state index in [9.17, 15) is 0 Å². The van der Waals surface area contributed by atoms with Gasteiger partial charge in [-0.25, -0.2) is 0 Å². The van der Waals surface area contributed by atoms with Crippen LogP contribution >= 0.6 is 0 Å². The van der Waals surface area contributed by atoms with Gasteiger partial charge in [-0.1, -0.05) is 0 Å². The number of hydrogen-bond donors (Lipinski definition) is 1. The predicted molar refractivity (Wildman–Crippen MR) is 62.6 cm³/mol. The molecule has 0 bridgehead atoms. The second kappa shape index (κ2) is 5.72. The first-order valence-electron chi connectivity index (χ1n) is 6.10. The van der Waals surface area contributed by atoms with Crippen LogP contribution < -0.4 is 5.32 Å². The summed E-state index contributed by atoms with van der Waals surface area (Å²) in [6.07, 6.45) is 4.06. The van der Waals surface area contributed by atoms with Crippen LogP contribution in [0.2, 0.25) is 0 Å². The molecule has 1 N–H and O–H groups in total. The van der Waals surface area contributed by atoms with Gasteiger partial charge < -0.3 is 5.32 Å². The Balaban J connectivity index is 2.25. The highest BCUT2D eigenvalue weighted by atomic mass is 15.2. The van der Waals surface area contributed by atoms with Crippen molar-refractivity contribution in [1.82, 2.24) is 10.2 Å². The molecule has 1 heterocycles. The Morgan fingerprint density at radius 1 is 1.21 bits per heavy atom. The molecule has 1 aliphatic heterocycles. The Hall–Kier alpha value is -0.0800. The molecule has 0 radical (unpaired) electrons. The van der Waals surface area contributed by atoms with Gasteiger partial charge in [0, 0.05) is 24.7 Å². The lowest BCUT2D eigenvalue weighted by Crippen LogP contribution is -2.39. The van der Waals surface area contributed by atoms with Crippen molar-refractivity contribution < 1.29 is 0 Å². The summed E-state index contributed by atoms with van der Waals surface area (Å²) >= 11 is 0. The van der Waals surface area contributed by atoms with Crippen LogP contribution in [0.4, 0.5) is 0 Å². The van der Waals surface area contributed by atoms with Crippen LogP contribution in [0.1, 0.15) is 47.0 Å². The normalized spacial score (nSPS) is 22.9. The van der Waals surface area contributed by atoms with Gasteiger partial charge in [0.15, 0.2) is 0 Å². The first kappa shape index (κ1) is 12.0. The van der Waals surface area contributed by atoms with E-state index in [0.717, 1.165) is 6.04 Å². The van der Waals surface area contributed by atoms with Crippen molar-refractivity contribution in [2.75, 3.05) is 13.1 Å². The van der Waals surface area contributed by atoms with Crippen LogP contribution in [-0.4, -0.2) is 36.1 Å². The monoisotopic (exact) mass is 198 g/mol. The maximum absolute atomic E-state index is 3.56. The minimum absolute atomic E-state index is 0.677. The maximum Gasteiger partial charge on any atom is 0.00797 e. The van der Waals surface area contributed by atoms with Gasteiger partial charge >= 0.3 is 0 Å². The van der Waals surface area contributed by atoms with Crippen molar-refractivity contribution in [3.63, 3.8) is 0 Å². The summed E-state index contributed by atoms with van der Waals surface area (Å²) in [5.41, 5.74) is 0. The van der Waals surface area contributed by atoms with Crippen LogP contribution in [-0.2, 0) is 0 Å². The Bertz CT molecular complexity index is 140. The van der Waals surface area contributed by atoms with E-state index in [-0.39, 0.29) is 0 Å². The van der Waals surface area contributed by atoms with E-state index in [1.807, 2.05) is 0 Å². The highest BCUT2D eigenvalue weighted by Crippen LogP contribution is 2.12. The zero-order valence-corrected chi connectivity index (χ0v) is 10.2. The Kier molecular flexibility index (Phi) is 4.90. The van der Waals surface area contributed by atoms with E-state index in [4.69, 9.17) is 0 Å². The SMILES string of the molecule is CC(C)N(CCC1CCCN1)C(C)C. The summed E-state index contributed by atoms with van der Waals surface area (Å²) in [4.78, 5) is 2.58. The third-order valence-corrected chi connectivity index (χ3v) is 3.22. The molecule has 0 saturated carbocycles. The molecule has 0 aromatic carbocycles. The average molecular weight is 198 g/mol. The van der Waals surface area contributed by atoms with Gasteiger partial charge in [-0.3, -0.25) is 4.90 Å². The van der Waals surface area contributed by atoms with Gasteiger partial charge in [0.2, 0.25) is 0 Å². The van der Waals surface area contributed by atoms with Crippen LogP contribution in [0.15, 0.2) is 0 Å². The van der Waals surface area contributed by atoms with Crippen molar-refractivity contribution >= 4 is 0 Å². The molecular weight excluding hydrogens is 172 g/mol. The molecule has 84 valence electrons. The first-order valence-corrected chi connectivity index (χ1v) is 6.10. The van der Waals surface area contributed by atoms with Crippen LogP contribution in [0.3, 0.4) is 0 Å². The summed E-state index contributed by atoms with van der Waals surface area (Å²) < 4.78 is 0. The van der Waals surface area contributed by atoms with Gasteiger partial charge in [-0.05, 0) is 53.5 Å². The van der Waals surface area contributed by atoms with Crippen molar-refractivity contribution in [1.29, 1.82) is 0 Å². The molecule has 0 aliphatic carbocycles. The molecule has 0 aromatic rings. The maximum atomic E-state index is 3.56. The lowest BCUT2D eigenvalue weighted by atomic mass is 10.1. The van der Waals surface area contributed by atoms with E-state index in [1.165, 1.54) is 32.4 Å². The quantitative estimate of drug-likeness (QED) is 0.729. The second-order valence-electron chi connectivity index (χ2n) is 5.01. The van der Waals surface area contributed by atoms with E-state index in [0.29, 0.717) is 12.1 Å². The molecule has 2 heteroatoms. The van der Waals surface area contributed by atoms with Gasteiger partial charge in [0.25, 0.3) is 0 Å². The third-order valence-electron chi connectivity index (χ3n) is 3.22. The van der Waals surface area contributed by atoms with Gasteiger partial charge in [0.1, 0.15) is 0 Å². The van der Waals surface area contributed by atoms with Crippen molar-refractivity contribution in [3.8, 4) is 0 Å². The van der Waals surface area contributed by atoms with Crippen molar-refractivity contribution in [2.45, 2.75) is 65.1 Å². The molecule has 1 atom stereocenters. The molecule has 14 heavy (non-hydrogen) atoms. The van der Waals surface area contributed by atoms with E-state index in [1.54, 1.807) is 0 Å². The molecule has 0 spiro atoms. The topological polar surface area (TPSA) is 15.3 Å². The Labute approximate surface area is 89.1 Å². The highest BCUT2D eigenvalue weighted by Gasteiger charge is 2.18. The summed E-state index contributed by atoms with van der Waals surface area (Å²) in [7, 11) is 0. The number of nitrogens with one attached hydrogen (secondary N) is 1. The highest BCUT2D eigenvalue weighted by molar-refractivity contribution is 4.77. The zero-order chi connectivity index (χ0) is 10.6. The fraction of sp³-hybridized carbons (Fsp3) is 1.00. The predicted octanol–water partition coefficient (Wildman–Crippen LogP) is 2.25. The van der Waals surface area contributed by atoms with E-state index >= 15 is 0 Å². The molecule has 0 amide bonds. The van der Waals surface area contributed by atoms with Gasteiger partial charge in [-0.2, -0.15) is 0 Å². The molecule has 0 aromatic heterocycles. The van der Waals surface area contributed by atoms with E-state index < -0.39 is 0 Å². The number of nitrogens with zero attached hydrogens (tertiary/aromatic N) is 1. The van der Waals surface area contributed by atoms with Crippen molar-refractivity contribution in [3.05, 3.63) is 0 Å². The summed E-state index contributed by atoms with van der Waals surface area (Å²) in [6.45, 7) is 11.6. The Morgan fingerprint density at radius 2 is 1.86 bits per heavy atom. The first-order chi connectivity index (χ1) is 6.61. The third kappa shape index (κ3) is 3.58. The largest absolute Gasteiger partial charge is 0.314 e. The molecular formula is C12H26N2. The van der Waals surface area contributed by atoms with E-state index in [2.05, 4.69) is 37.9 Å². The van der Waals surface area contributed by atoms with Crippen molar-refractivity contribution in [2.24, 2.45) is 0 Å². The summed E-state index contributed by atoms with van der Waals surface area (Å²) in [5, 5.41) is 3.56. The molecule has 1 aliphatic rings. The molecule has 1 fully saturated rings. The van der Waals surface area contributed by atoms with Crippen LogP contribution in [0.5, 0.6) is 0 Å². The number of rotatable bonds is 5. The second-order valence-corrected chi connectivity index (χ2v) is 5.01. The Morgan fingerprint density at radius 3 is 2.29 bits per heavy atom. The fourth-order valence-corrected chi connectivity index (χ4v) is 2.42. The molecule has 1 rings (SSSR count). The minimum atomic E-state index is 0.677. The number of hydrogen-bond acceptors (Lipinski definition) is 2. The smallest absolute Gasteiger partial charge is 0.00797 e. The fourth-order valence-electron chi connectivity index (χ4n) is 2.42.